The van der Waals surface area contributed by atoms with Crippen LogP contribution < -0.4 is 10.1 Å². The van der Waals surface area contributed by atoms with Gasteiger partial charge in [-0.25, -0.2) is 9.18 Å². The van der Waals surface area contributed by atoms with E-state index in [0.717, 1.165) is 11.3 Å². The first-order chi connectivity index (χ1) is 10.1. The summed E-state index contributed by atoms with van der Waals surface area (Å²) in [4.78, 5) is 13.6. The number of carbonyl (C=O) groups excluding carboxylic acids is 1. The van der Waals surface area contributed by atoms with E-state index in [0.29, 0.717) is 12.2 Å². The predicted octanol–water partition coefficient (Wildman–Crippen LogP) is 3.50. The van der Waals surface area contributed by atoms with E-state index >= 15 is 0 Å². The number of amides is 2. The van der Waals surface area contributed by atoms with Crippen molar-refractivity contribution in [3.8, 4) is 5.75 Å². The lowest BCUT2D eigenvalue weighted by Gasteiger charge is -2.18. The summed E-state index contributed by atoms with van der Waals surface area (Å²) in [5.41, 5.74) is 1.55. The van der Waals surface area contributed by atoms with E-state index in [1.54, 1.807) is 19.1 Å². The molecule has 0 heterocycles. The second-order valence-corrected chi connectivity index (χ2v) is 4.64. The molecule has 0 saturated carbocycles. The molecule has 0 spiro atoms. The molecule has 0 aliphatic heterocycles. The molecular formula is C16H17FN2O2. The quantitative estimate of drug-likeness (QED) is 0.935. The van der Waals surface area contributed by atoms with Crippen molar-refractivity contribution in [1.29, 1.82) is 0 Å². The summed E-state index contributed by atoms with van der Waals surface area (Å²) in [6.45, 7) is 0.469. The Labute approximate surface area is 123 Å². The van der Waals surface area contributed by atoms with Crippen molar-refractivity contribution in [1.82, 2.24) is 4.90 Å². The third kappa shape index (κ3) is 4.21. The molecule has 21 heavy (non-hydrogen) atoms. The van der Waals surface area contributed by atoms with E-state index in [4.69, 9.17) is 4.74 Å². The Hall–Kier alpha value is -2.56. The van der Waals surface area contributed by atoms with Crippen molar-refractivity contribution < 1.29 is 13.9 Å². The zero-order valence-electron chi connectivity index (χ0n) is 12.0. The molecule has 0 fully saturated rings. The van der Waals surface area contributed by atoms with Gasteiger partial charge in [0.2, 0.25) is 0 Å². The van der Waals surface area contributed by atoms with Crippen molar-refractivity contribution >= 4 is 11.7 Å². The summed E-state index contributed by atoms with van der Waals surface area (Å²) in [7, 11) is 3.31. The fraction of sp³-hybridized carbons (Fsp3) is 0.188. The van der Waals surface area contributed by atoms with E-state index in [2.05, 4.69) is 5.32 Å². The van der Waals surface area contributed by atoms with Gasteiger partial charge in [0.25, 0.3) is 0 Å². The molecule has 1 N–H and O–H groups in total. The van der Waals surface area contributed by atoms with E-state index in [1.165, 1.54) is 24.3 Å². The van der Waals surface area contributed by atoms with Crippen LogP contribution in [-0.2, 0) is 6.54 Å². The summed E-state index contributed by atoms with van der Waals surface area (Å²) < 4.78 is 17.9. The Kier molecular flexibility index (Phi) is 4.77. The number of hydrogen-bond acceptors (Lipinski definition) is 2. The monoisotopic (exact) mass is 288 g/mol. The van der Waals surface area contributed by atoms with Gasteiger partial charge < -0.3 is 15.0 Å². The number of methoxy groups -OCH3 is 1. The lowest BCUT2D eigenvalue weighted by molar-refractivity contribution is 0.220. The molecule has 4 nitrogen and oxygen atoms in total. The highest BCUT2D eigenvalue weighted by atomic mass is 19.1. The summed E-state index contributed by atoms with van der Waals surface area (Å²) in [6.07, 6.45) is 0. The van der Waals surface area contributed by atoms with E-state index in [1.807, 2.05) is 24.3 Å². The van der Waals surface area contributed by atoms with Gasteiger partial charge in [-0.2, -0.15) is 0 Å². The molecule has 2 rings (SSSR count). The van der Waals surface area contributed by atoms with Gasteiger partial charge >= 0.3 is 6.03 Å². The number of nitrogens with zero attached hydrogens (tertiary/aromatic N) is 1. The zero-order chi connectivity index (χ0) is 15.2. The van der Waals surface area contributed by atoms with Crippen LogP contribution in [0.15, 0.2) is 48.5 Å². The summed E-state index contributed by atoms with van der Waals surface area (Å²) in [5, 5.41) is 2.71. The van der Waals surface area contributed by atoms with Crippen LogP contribution in [0.4, 0.5) is 14.9 Å². The minimum atomic E-state index is -0.334. The molecule has 0 aromatic heterocycles. The minimum Gasteiger partial charge on any atom is -0.497 e. The van der Waals surface area contributed by atoms with Gasteiger partial charge in [0, 0.05) is 19.3 Å². The summed E-state index contributed by atoms with van der Waals surface area (Å²) >= 11 is 0. The fourth-order valence-corrected chi connectivity index (χ4v) is 1.83. The van der Waals surface area contributed by atoms with E-state index < -0.39 is 0 Å². The van der Waals surface area contributed by atoms with Gasteiger partial charge in [-0.15, -0.1) is 0 Å². The van der Waals surface area contributed by atoms with Crippen LogP contribution in [0.3, 0.4) is 0 Å². The Morgan fingerprint density at radius 2 is 1.76 bits per heavy atom. The second kappa shape index (κ2) is 6.74. The largest absolute Gasteiger partial charge is 0.497 e. The third-order valence-electron chi connectivity index (χ3n) is 3.02. The SMILES string of the molecule is COc1ccc(CN(C)C(=O)Nc2ccc(F)cc2)cc1. The molecule has 0 atom stereocenters. The Bertz CT molecular complexity index is 597. The third-order valence-corrected chi connectivity index (χ3v) is 3.02. The van der Waals surface area contributed by atoms with Crippen LogP contribution in [0.25, 0.3) is 0 Å². The van der Waals surface area contributed by atoms with E-state index in [-0.39, 0.29) is 11.8 Å². The number of rotatable bonds is 4. The van der Waals surface area contributed by atoms with Crippen LogP contribution in [0.5, 0.6) is 5.75 Å². The molecule has 5 heteroatoms. The number of urea groups is 1. The molecule has 2 aromatic carbocycles. The molecular weight excluding hydrogens is 271 g/mol. The number of benzene rings is 2. The lowest BCUT2D eigenvalue weighted by atomic mass is 10.2. The highest BCUT2D eigenvalue weighted by molar-refractivity contribution is 5.89. The molecule has 0 aliphatic rings. The van der Waals surface area contributed by atoms with Crippen LogP contribution in [0.2, 0.25) is 0 Å². The lowest BCUT2D eigenvalue weighted by Crippen LogP contribution is -2.30. The maximum atomic E-state index is 12.8. The Morgan fingerprint density at radius 3 is 2.33 bits per heavy atom. The molecule has 2 amide bonds. The first kappa shape index (κ1) is 14.8. The van der Waals surface area contributed by atoms with Crippen LogP contribution >= 0.6 is 0 Å². The Balaban J connectivity index is 1.93. The number of carbonyl (C=O) groups is 1. The van der Waals surface area contributed by atoms with Gasteiger partial charge in [-0.05, 0) is 42.0 Å². The average Bonchev–Trinajstić information content (AvgIpc) is 2.50. The normalized spacial score (nSPS) is 10.0. The topological polar surface area (TPSA) is 41.6 Å². The zero-order valence-corrected chi connectivity index (χ0v) is 12.0. The van der Waals surface area contributed by atoms with Crippen LogP contribution in [0, 0.1) is 5.82 Å². The van der Waals surface area contributed by atoms with Gasteiger partial charge in [0.05, 0.1) is 7.11 Å². The smallest absolute Gasteiger partial charge is 0.321 e. The number of anilines is 1. The van der Waals surface area contributed by atoms with Gasteiger partial charge in [-0.1, -0.05) is 12.1 Å². The van der Waals surface area contributed by atoms with Crippen molar-refractivity contribution in [3.63, 3.8) is 0 Å². The van der Waals surface area contributed by atoms with Crippen molar-refractivity contribution in [3.05, 3.63) is 59.9 Å². The molecule has 110 valence electrons. The molecule has 0 saturated heterocycles. The first-order valence-electron chi connectivity index (χ1n) is 6.49. The van der Waals surface area contributed by atoms with E-state index in [9.17, 15) is 9.18 Å². The molecule has 2 aromatic rings. The van der Waals surface area contributed by atoms with Gasteiger partial charge in [0.1, 0.15) is 11.6 Å². The van der Waals surface area contributed by atoms with Crippen molar-refractivity contribution in [2.45, 2.75) is 6.54 Å². The fourth-order valence-electron chi connectivity index (χ4n) is 1.83. The molecule has 0 radical (unpaired) electrons. The van der Waals surface area contributed by atoms with Crippen LogP contribution in [0.1, 0.15) is 5.56 Å². The van der Waals surface area contributed by atoms with Gasteiger partial charge in [0.15, 0.2) is 0 Å². The molecule has 0 bridgehead atoms. The highest BCUT2D eigenvalue weighted by Gasteiger charge is 2.09. The number of halogens is 1. The minimum absolute atomic E-state index is 0.252. The molecule has 0 unspecified atom stereocenters. The standard InChI is InChI=1S/C16H17FN2O2/c1-19(11-12-3-9-15(21-2)10-4-12)16(20)18-14-7-5-13(17)6-8-14/h3-10H,11H2,1-2H3,(H,18,20). The number of hydrogen-bond donors (Lipinski definition) is 1. The van der Waals surface area contributed by atoms with Crippen molar-refractivity contribution in [2.24, 2.45) is 0 Å². The maximum Gasteiger partial charge on any atom is 0.321 e. The molecule has 0 aliphatic carbocycles. The highest BCUT2D eigenvalue weighted by Crippen LogP contribution is 2.13. The first-order valence-corrected chi connectivity index (χ1v) is 6.49. The predicted molar refractivity (Wildman–Crippen MR) is 79.9 cm³/mol. The number of ether oxygens (including phenoxy) is 1. The van der Waals surface area contributed by atoms with Gasteiger partial charge in [-0.3, -0.25) is 0 Å². The maximum absolute atomic E-state index is 12.8. The van der Waals surface area contributed by atoms with Crippen molar-refractivity contribution in [2.75, 3.05) is 19.5 Å². The summed E-state index contributed by atoms with van der Waals surface area (Å²) in [6, 6.07) is 12.9. The summed E-state index contributed by atoms with van der Waals surface area (Å²) in [5.74, 6) is 0.441. The average molecular weight is 288 g/mol. The Morgan fingerprint density at radius 1 is 1.14 bits per heavy atom. The number of nitrogens with one attached hydrogen (secondary N) is 1. The van der Waals surface area contributed by atoms with Crippen LogP contribution in [-0.4, -0.2) is 25.1 Å². The second-order valence-electron chi connectivity index (χ2n) is 4.64.